The van der Waals surface area contributed by atoms with Gasteiger partial charge in [-0.15, -0.1) is 11.8 Å². The van der Waals surface area contributed by atoms with Crippen LogP contribution in [-0.2, 0) is 11.3 Å². The number of benzene rings is 1. The Morgan fingerprint density at radius 3 is 2.77 bits per heavy atom. The van der Waals surface area contributed by atoms with E-state index in [1.165, 1.54) is 37.7 Å². The van der Waals surface area contributed by atoms with Gasteiger partial charge in [0.25, 0.3) is 0 Å². The highest BCUT2D eigenvalue weighted by Crippen LogP contribution is 2.42. The van der Waals surface area contributed by atoms with E-state index in [4.69, 9.17) is 5.73 Å². The molecular formula is C25H35N3OS. The number of carbonyl (C=O) groups is 1. The van der Waals surface area contributed by atoms with Crippen molar-refractivity contribution in [2.45, 2.75) is 76.1 Å². The fourth-order valence-electron chi connectivity index (χ4n) is 4.71. The van der Waals surface area contributed by atoms with Crippen LogP contribution in [0.15, 0.2) is 48.0 Å². The number of fused-ring (bicyclic) bond motifs is 1. The van der Waals surface area contributed by atoms with E-state index in [0.717, 1.165) is 23.7 Å². The second-order valence-electron chi connectivity index (χ2n) is 8.30. The van der Waals surface area contributed by atoms with Crippen molar-refractivity contribution in [3.63, 3.8) is 0 Å². The Morgan fingerprint density at radius 2 is 2.00 bits per heavy atom. The maximum Gasteiger partial charge on any atom is 0.233 e. The third-order valence-corrected chi connectivity index (χ3v) is 7.59. The molecule has 1 aliphatic heterocycles. The van der Waals surface area contributed by atoms with Crippen molar-refractivity contribution < 1.29 is 4.79 Å². The lowest BCUT2D eigenvalue weighted by atomic mass is 9.75. The smallest absolute Gasteiger partial charge is 0.233 e. The van der Waals surface area contributed by atoms with Crippen LogP contribution in [0.25, 0.3) is 10.9 Å². The number of primary amides is 1. The van der Waals surface area contributed by atoms with Crippen molar-refractivity contribution in [3.05, 3.63) is 53.6 Å². The number of nitrogens with one attached hydrogen (secondary N) is 1. The summed E-state index contributed by atoms with van der Waals surface area (Å²) in [7, 11) is 0. The van der Waals surface area contributed by atoms with E-state index in [2.05, 4.69) is 47.8 Å². The molecule has 0 bridgehead atoms. The summed E-state index contributed by atoms with van der Waals surface area (Å²) in [4.78, 5) is 16.9. The zero-order chi connectivity index (χ0) is 21.4. The number of rotatable bonds is 12. The van der Waals surface area contributed by atoms with Gasteiger partial charge in [0.15, 0.2) is 0 Å². The number of carbonyl (C=O) groups excluding carboxylic acids is 1. The van der Waals surface area contributed by atoms with E-state index >= 15 is 0 Å². The Morgan fingerprint density at radius 1 is 1.20 bits per heavy atom. The number of para-hydroxylation sites is 1. The summed E-state index contributed by atoms with van der Waals surface area (Å²) in [6.07, 6.45) is 12.5. The molecule has 162 valence electrons. The largest absolute Gasteiger partial charge is 0.369 e. The third-order valence-electron chi connectivity index (χ3n) is 6.40. The Bertz CT molecular complexity index is 863. The number of nitrogens with two attached hydrogens (primary N) is 1. The minimum atomic E-state index is -0.402. The fraction of sp³-hybridized carbons (Fsp3) is 0.520. The highest BCUT2D eigenvalue weighted by Gasteiger charge is 2.47. The third kappa shape index (κ3) is 5.06. The minimum absolute atomic E-state index is 0.235. The van der Waals surface area contributed by atoms with Crippen LogP contribution in [0.3, 0.4) is 0 Å². The fourth-order valence-corrected chi connectivity index (χ4v) is 5.89. The molecule has 5 heteroatoms. The number of thioether (sulfide) groups is 1. The molecule has 30 heavy (non-hydrogen) atoms. The number of hydrogen-bond acceptors (Lipinski definition) is 4. The summed E-state index contributed by atoms with van der Waals surface area (Å²) in [6, 6.07) is 10.3. The van der Waals surface area contributed by atoms with E-state index in [9.17, 15) is 4.79 Å². The molecule has 3 atom stereocenters. The molecule has 0 radical (unpaired) electrons. The lowest BCUT2D eigenvalue weighted by molar-refractivity contribution is -0.118. The second-order valence-corrected chi connectivity index (χ2v) is 9.32. The number of pyridine rings is 1. The molecule has 0 saturated heterocycles. The Kier molecular flexibility index (Phi) is 8.34. The number of nitrogens with zero attached hydrogens (tertiary/aromatic N) is 1. The maximum atomic E-state index is 12.4. The van der Waals surface area contributed by atoms with Gasteiger partial charge >= 0.3 is 0 Å². The molecule has 2 aromatic rings. The molecule has 1 amide bonds. The van der Waals surface area contributed by atoms with Gasteiger partial charge in [-0.25, -0.2) is 0 Å². The standard InChI is InChI=1S/C25H35N3OS/c1-3-5-6-7-8-11-20(4-2)25(15-17-30-23(25)24(26)29)28-18-19-14-16-27-22-13-10-9-12-21(19)22/h9-10,12-17,20,23,28H,3-8,11,18H2,1-2H3,(H2,26,29). The Labute approximate surface area is 185 Å². The highest BCUT2D eigenvalue weighted by molar-refractivity contribution is 8.03. The Balaban J connectivity index is 1.81. The average molecular weight is 426 g/mol. The van der Waals surface area contributed by atoms with Gasteiger partial charge in [0.2, 0.25) is 5.91 Å². The summed E-state index contributed by atoms with van der Waals surface area (Å²) in [5.41, 5.74) is 7.66. The van der Waals surface area contributed by atoms with Gasteiger partial charge in [-0.2, -0.15) is 0 Å². The van der Waals surface area contributed by atoms with E-state index in [0.29, 0.717) is 12.5 Å². The first-order valence-electron chi connectivity index (χ1n) is 11.3. The van der Waals surface area contributed by atoms with Crippen molar-refractivity contribution >= 4 is 28.6 Å². The van der Waals surface area contributed by atoms with Crippen LogP contribution < -0.4 is 11.1 Å². The van der Waals surface area contributed by atoms with Crippen molar-refractivity contribution in [2.24, 2.45) is 11.7 Å². The summed E-state index contributed by atoms with van der Waals surface area (Å²) in [5, 5.41) is 6.75. The van der Waals surface area contributed by atoms with Crippen LogP contribution in [0.1, 0.15) is 64.4 Å². The van der Waals surface area contributed by atoms with Crippen LogP contribution in [0, 0.1) is 5.92 Å². The second kappa shape index (κ2) is 11.0. The molecule has 2 heterocycles. The number of hydrogen-bond donors (Lipinski definition) is 2. The normalized spacial score (nSPS) is 21.9. The van der Waals surface area contributed by atoms with E-state index in [1.807, 2.05) is 24.4 Å². The van der Waals surface area contributed by atoms with Crippen molar-refractivity contribution in [1.29, 1.82) is 0 Å². The van der Waals surface area contributed by atoms with Crippen molar-refractivity contribution in [2.75, 3.05) is 0 Å². The molecule has 3 unspecified atom stereocenters. The molecule has 1 aliphatic rings. The van der Waals surface area contributed by atoms with Crippen LogP contribution >= 0.6 is 11.8 Å². The molecule has 0 saturated carbocycles. The zero-order valence-electron chi connectivity index (χ0n) is 18.3. The number of amides is 1. The molecular weight excluding hydrogens is 390 g/mol. The van der Waals surface area contributed by atoms with Gasteiger partial charge in [-0.05, 0) is 35.4 Å². The summed E-state index contributed by atoms with van der Waals surface area (Å²) < 4.78 is 0. The SMILES string of the molecule is CCCCCCCC(CC)C1(NCc2ccnc3ccccc23)C=CSC1C(N)=O. The lowest BCUT2D eigenvalue weighted by Crippen LogP contribution is -2.58. The predicted octanol–water partition coefficient (Wildman–Crippen LogP) is 5.56. The average Bonchev–Trinajstić information content (AvgIpc) is 3.20. The zero-order valence-corrected chi connectivity index (χ0v) is 19.1. The molecule has 1 aromatic carbocycles. The van der Waals surface area contributed by atoms with E-state index in [1.54, 1.807) is 11.8 Å². The molecule has 3 N–H and O–H groups in total. The monoisotopic (exact) mass is 425 g/mol. The molecule has 0 spiro atoms. The van der Waals surface area contributed by atoms with Crippen LogP contribution in [0.2, 0.25) is 0 Å². The predicted molar refractivity (Wildman–Crippen MR) is 128 cm³/mol. The van der Waals surface area contributed by atoms with Gasteiger partial charge in [-0.1, -0.05) is 76.6 Å². The maximum absolute atomic E-state index is 12.4. The number of aromatic nitrogens is 1. The van der Waals surface area contributed by atoms with Gasteiger partial charge < -0.3 is 11.1 Å². The minimum Gasteiger partial charge on any atom is -0.369 e. The highest BCUT2D eigenvalue weighted by atomic mass is 32.2. The van der Waals surface area contributed by atoms with Crippen LogP contribution in [-0.4, -0.2) is 21.7 Å². The summed E-state index contributed by atoms with van der Waals surface area (Å²) in [5.74, 6) is 0.137. The molecule has 3 rings (SSSR count). The van der Waals surface area contributed by atoms with E-state index < -0.39 is 5.54 Å². The van der Waals surface area contributed by atoms with Crippen LogP contribution in [0.4, 0.5) is 0 Å². The lowest BCUT2D eigenvalue weighted by Gasteiger charge is -2.41. The summed E-state index contributed by atoms with van der Waals surface area (Å²) in [6.45, 7) is 5.16. The first kappa shape index (κ1) is 22.8. The summed E-state index contributed by atoms with van der Waals surface area (Å²) >= 11 is 1.56. The molecule has 0 aliphatic carbocycles. The van der Waals surface area contributed by atoms with Crippen molar-refractivity contribution in [3.8, 4) is 0 Å². The first-order valence-corrected chi connectivity index (χ1v) is 12.3. The molecule has 1 aromatic heterocycles. The van der Waals surface area contributed by atoms with Gasteiger partial charge in [-0.3, -0.25) is 9.78 Å². The molecule has 4 nitrogen and oxygen atoms in total. The van der Waals surface area contributed by atoms with Gasteiger partial charge in [0.1, 0.15) is 5.25 Å². The van der Waals surface area contributed by atoms with E-state index in [-0.39, 0.29) is 11.2 Å². The Hall–Kier alpha value is -1.85. The quantitative estimate of drug-likeness (QED) is 0.437. The first-order chi connectivity index (χ1) is 14.6. The van der Waals surface area contributed by atoms with Crippen molar-refractivity contribution in [1.82, 2.24) is 10.3 Å². The topological polar surface area (TPSA) is 68.0 Å². The van der Waals surface area contributed by atoms with Gasteiger partial charge in [0.05, 0.1) is 11.1 Å². The van der Waals surface area contributed by atoms with Crippen LogP contribution in [0.5, 0.6) is 0 Å². The van der Waals surface area contributed by atoms with Gasteiger partial charge in [0, 0.05) is 18.1 Å². The number of unbranched alkanes of at least 4 members (excludes halogenated alkanes) is 4. The molecule has 0 fully saturated rings.